The molecule has 15 heavy (non-hydrogen) atoms. The number of piperidine rings is 1. The highest BCUT2D eigenvalue weighted by atomic mass is 15.2. The Kier molecular flexibility index (Phi) is 2.01. The minimum Gasteiger partial charge on any atom is -0.356 e. The van der Waals surface area contributed by atoms with Gasteiger partial charge in [0.15, 0.2) is 0 Å². The van der Waals surface area contributed by atoms with E-state index in [1.165, 1.54) is 42.0 Å². The van der Waals surface area contributed by atoms with E-state index in [2.05, 4.69) is 30.0 Å². The molecule has 2 nitrogen and oxygen atoms in total. The molecule has 1 aromatic carbocycles. The van der Waals surface area contributed by atoms with Gasteiger partial charge in [-0.2, -0.15) is 0 Å². The van der Waals surface area contributed by atoms with Crippen LogP contribution < -0.4 is 0 Å². The van der Waals surface area contributed by atoms with Crippen molar-refractivity contribution in [2.75, 3.05) is 6.54 Å². The highest BCUT2D eigenvalue weighted by Gasteiger charge is 2.22. The molecule has 78 valence electrons. The molecule has 0 N–H and O–H groups in total. The average Bonchev–Trinajstić information content (AvgIpc) is 2.27. The Morgan fingerprint density at radius 1 is 1.27 bits per heavy atom. The number of benzene rings is 1. The monoisotopic (exact) mass is 200 g/mol. The van der Waals surface area contributed by atoms with Crippen LogP contribution >= 0.6 is 0 Å². The van der Waals surface area contributed by atoms with Gasteiger partial charge in [0.1, 0.15) is 5.84 Å². The third-order valence-corrected chi connectivity index (χ3v) is 3.37. The third kappa shape index (κ3) is 1.44. The second-order valence-electron chi connectivity index (χ2n) is 4.49. The molecule has 0 amide bonds. The first-order valence-corrected chi connectivity index (χ1v) is 5.75. The number of aliphatic imine (C=N–C) groups is 1. The molecule has 0 aliphatic carbocycles. The van der Waals surface area contributed by atoms with Gasteiger partial charge in [0, 0.05) is 19.5 Å². The Hall–Kier alpha value is -1.31. The van der Waals surface area contributed by atoms with Crippen molar-refractivity contribution in [2.45, 2.75) is 32.7 Å². The van der Waals surface area contributed by atoms with Gasteiger partial charge in [0.05, 0.1) is 5.69 Å². The van der Waals surface area contributed by atoms with Crippen LogP contribution in [0.5, 0.6) is 0 Å². The minimum atomic E-state index is 1.07. The van der Waals surface area contributed by atoms with E-state index in [4.69, 9.17) is 4.99 Å². The number of hydrogen-bond acceptors (Lipinski definition) is 2. The number of aryl methyl sites for hydroxylation is 1. The smallest absolute Gasteiger partial charge is 0.105 e. The molecule has 0 spiro atoms. The van der Waals surface area contributed by atoms with Crippen LogP contribution in [0.4, 0.5) is 5.69 Å². The summed E-state index contributed by atoms with van der Waals surface area (Å²) in [5, 5.41) is 0. The van der Waals surface area contributed by atoms with Gasteiger partial charge in [-0.15, -0.1) is 0 Å². The molecule has 1 saturated heterocycles. The summed E-state index contributed by atoms with van der Waals surface area (Å²) in [6.45, 7) is 4.41. The van der Waals surface area contributed by atoms with Gasteiger partial charge in [-0.1, -0.05) is 18.2 Å². The molecule has 0 saturated carbocycles. The van der Waals surface area contributed by atoms with Gasteiger partial charge in [-0.05, 0) is 30.9 Å². The number of para-hydroxylation sites is 1. The topological polar surface area (TPSA) is 15.6 Å². The van der Waals surface area contributed by atoms with E-state index in [1.54, 1.807) is 0 Å². The van der Waals surface area contributed by atoms with Crippen molar-refractivity contribution in [3.05, 3.63) is 29.3 Å². The normalized spacial score (nSPS) is 19.3. The lowest BCUT2D eigenvalue weighted by Crippen LogP contribution is -2.36. The van der Waals surface area contributed by atoms with Gasteiger partial charge in [0.2, 0.25) is 0 Å². The van der Waals surface area contributed by atoms with Crippen molar-refractivity contribution in [3.63, 3.8) is 0 Å². The van der Waals surface area contributed by atoms with Crippen LogP contribution in [0.2, 0.25) is 0 Å². The summed E-state index contributed by atoms with van der Waals surface area (Å²) in [6, 6.07) is 6.50. The maximum absolute atomic E-state index is 4.81. The zero-order valence-electron chi connectivity index (χ0n) is 9.16. The highest BCUT2D eigenvalue weighted by Crippen LogP contribution is 2.31. The Balaban J connectivity index is 2.07. The second-order valence-corrected chi connectivity index (χ2v) is 4.49. The van der Waals surface area contributed by atoms with Gasteiger partial charge in [-0.3, -0.25) is 0 Å². The summed E-state index contributed by atoms with van der Waals surface area (Å²) in [6.07, 6.45) is 3.78. The summed E-state index contributed by atoms with van der Waals surface area (Å²) in [7, 11) is 0. The van der Waals surface area contributed by atoms with E-state index >= 15 is 0 Å². The predicted octanol–water partition coefficient (Wildman–Crippen LogP) is 3.02. The van der Waals surface area contributed by atoms with Crippen LogP contribution in [0.15, 0.2) is 23.2 Å². The third-order valence-electron chi connectivity index (χ3n) is 3.37. The number of amidine groups is 1. The molecule has 1 fully saturated rings. The van der Waals surface area contributed by atoms with Crippen LogP contribution in [0.3, 0.4) is 0 Å². The summed E-state index contributed by atoms with van der Waals surface area (Å²) in [4.78, 5) is 7.25. The van der Waals surface area contributed by atoms with Crippen LogP contribution in [0.25, 0.3) is 0 Å². The van der Waals surface area contributed by atoms with Crippen molar-refractivity contribution in [1.29, 1.82) is 0 Å². The zero-order valence-corrected chi connectivity index (χ0v) is 9.16. The number of fused-ring (bicyclic) bond motifs is 2. The van der Waals surface area contributed by atoms with E-state index in [-0.39, 0.29) is 0 Å². The molecule has 0 aromatic heterocycles. The van der Waals surface area contributed by atoms with E-state index < -0.39 is 0 Å². The summed E-state index contributed by atoms with van der Waals surface area (Å²) < 4.78 is 0. The largest absolute Gasteiger partial charge is 0.356 e. The maximum Gasteiger partial charge on any atom is 0.105 e. The quantitative estimate of drug-likeness (QED) is 0.628. The first kappa shape index (κ1) is 8.96. The van der Waals surface area contributed by atoms with Gasteiger partial charge in [0.25, 0.3) is 0 Å². The van der Waals surface area contributed by atoms with Gasteiger partial charge >= 0.3 is 0 Å². The second kappa shape index (κ2) is 3.37. The standard InChI is InChI=1S/C13H16N2/c1-10-5-4-6-11-9-15-8-3-2-7-12(15)14-13(10)11/h4-6H,2-3,7-9H2,1H3. The van der Waals surface area contributed by atoms with E-state index in [0.717, 1.165) is 13.0 Å². The van der Waals surface area contributed by atoms with Crippen molar-refractivity contribution >= 4 is 11.5 Å². The van der Waals surface area contributed by atoms with Crippen molar-refractivity contribution < 1.29 is 0 Å². The molecule has 2 aliphatic heterocycles. The molecule has 2 aliphatic rings. The van der Waals surface area contributed by atoms with Crippen LogP contribution in [-0.2, 0) is 6.54 Å². The van der Waals surface area contributed by atoms with E-state index in [9.17, 15) is 0 Å². The number of nitrogens with zero attached hydrogens (tertiary/aromatic N) is 2. The van der Waals surface area contributed by atoms with Crippen molar-refractivity contribution in [2.24, 2.45) is 4.99 Å². The van der Waals surface area contributed by atoms with Crippen LogP contribution in [0.1, 0.15) is 30.4 Å². The lowest BCUT2D eigenvalue weighted by Gasteiger charge is -2.34. The van der Waals surface area contributed by atoms with E-state index in [0.29, 0.717) is 0 Å². The fourth-order valence-electron chi connectivity index (χ4n) is 2.51. The summed E-state index contributed by atoms with van der Waals surface area (Å²) >= 11 is 0. The van der Waals surface area contributed by atoms with Crippen molar-refractivity contribution in [3.8, 4) is 0 Å². The molecule has 0 unspecified atom stereocenters. The maximum atomic E-state index is 4.81. The molecular formula is C13H16N2. The highest BCUT2D eigenvalue weighted by molar-refractivity contribution is 5.88. The predicted molar refractivity (Wildman–Crippen MR) is 62.5 cm³/mol. The fraction of sp³-hybridized carbons (Fsp3) is 0.462. The van der Waals surface area contributed by atoms with Crippen LogP contribution in [-0.4, -0.2) is 17.3 Å². The van der Waals surface area contributed by atoms with E-state index in [1.807, 2.05) is 0 Å². The molecule has 2 heterocycles. The van der Waals surface area contributed by atoms with Gasteiger partial charge in [-0.25, -0.2) is 4.99 Å². The Labute approximate surface area is 90.6 Å². The molecule has 0 radical (unpaired) electrons. The van der Waals surface area contributed by atoms with Crippen molar-refractivity contribution in [1.82, 2.24) is 4.90 Å². The first-order chi connectivity index (χ1) is 7.34. The number of hydrogen-bond donors (Lipinski definition) is 0. The SMILES string of the molecule is Cc1cccc2c1N=C1CCCCN1C2. The minimum absolute atomic E-state index is 1.07. The van der Waals surface area contributed by atoms with Gasteiger partial charge < -0.3 is 4.90 Å². The van der Waals surface area contributed by atoms with Crippen LogP contribution in [0, 0.1) is 6.92 Å². The lowest BCUT2D eigenvalue weighted by molar-refractivity contribution is 0.359. The molecule has 0 atom stereocenters. The molecule has 0 bridgehead atoms. The first-order valence-electron chi connectivity index (χ1n) is 5.75. The molecular weight excluding hydrogens is 184 g/mol. The zero-order chi connectivity index (χ0) is 10.3. The lowest BCUT2D eigenvalue weighted by atomic mass is 10.0. The Bertz CT molecular complexity index is 421. The fourth-order valence-corrected chi connectivity index (χ4v) is 2.51. The molecule has 1 aromatic rings. The molecule has 2 heteroatoms. The summed E-state index contributed by atoms with van der Waals surface area (Å²) in [5.74, 6) is 1.31. The Morgan fingerprint density at radius 3 is 3.13 bits per heavy atom. The average molecular weight is 200 g/mol. The number of rotatable bonds is 0. The summed E-state index contributed by atoms with van der Waals surface area (Å²) in [5.41, 5.74) is 3.93. The molecule has 3 rings (SSSR count). The Morgan fingerprint density at radius 2 is 2.20 bits per heavy atom.